The lowest BCUT2D eigenvalue weighted by Gasteiger charge is -2.10. The highest BCUT2D eigenvalue weighted by Gasteiger charge is 2.08. The zero-order valence-corrected chi connectivity index (χ0v) is 15.9. The average molecular weight is 420 g/mol. The van der Waals surface area contributed by atoms with E-state index in [0.717, 1.165) is 4.47 Å². The number of rotatable bonds is 7. The lowest BCUT2D eigenvalue weighted by molar-refractivity contribution is -0.384. The molecule has 2 aromatic rings. The number of nitro groups is 1. The predicted molar refractivity (Wildman–Crippen MR) is 103 cm³/mol. The number of benzene rings is 2. The maximum Gasteiger partial charge on any atom is 0.277 e. The number of ether oxygens (including phenoxy) is 1. The summed E-state index contributed by atoms with van der Waals surface area (Å²) in [6.45, 7) is 4.01. The number of hydrazone groups is 1. The third kappa shape index (κ3) is 5.66. The van der Waals surface area contributed by atoms with Gasteiger partial charge in [0.2, 0.25) is 0 Å². The molecular weight excluding hydrogens is 402 g/mol. The van der Waals surface area contributed by atoms with Crippen molar-refractivity contribution >= 4 is 33.7 Å². The van der Waals surface area contributed by atoms with Gasteiger partial charge in [-0.25, -0.2) is 5.43 Å². The van der Waals surface area contributed by atoms with E-state index in [4.69, 9.17) is 4.74 Å². The quantitative estimate of drug-likeness (QED) is 0.416. The molecule has 0 spiro atoms. The molecule has 8 heteroatoms. The summed E-state index contributed by atoms with van der Waals surface area (Å²) < 4.78 is 6.25. The third-order valence-electron chi connectivity index (χ3n) is 3.49. The second-order valence-corrected chi connectivity index (χ2v) is 6.63. The van der Waals surface area contributed by atoms with Gasteiger partial charge in [0, 0.05) is 12.1 Å². The second-order valence-electron chi connectivity index (χ2n) is 5.78. The summed E-state index contributed by atoms with van der Waals surface area (Å²) >= 11 is 3.43. The first kappa shape index (κ1) is 19.6. The van der Waals surface area contributed by atoms with Crippen LogP contribution < -0.4 is 10.2 Å². The molecule has 0 saturated carbocycles. The van der Waals surface area contributed by atoms with Gasteiger partial charge in [-0.05, 0) is 57.2 Å². The molecule has 0 radical (unpaired) electrons. The molecule has 0 fully saturated rings. The van der Waals surface area contributed by atoms with Crippen LogP contribution in [0.1, 0.15) is 30.9 Å². The SMILES string of the molecule is CC(C)c1ccc(OCC(=O)N/N=C/c2ccc([N+](=O)[O-])cc2)c(Br)c1. The van der Waals surface area contributed by atoms with Crippen molar-refractivity contribution in [1.82, 2.24) is 5.43 Å². The Hall–Kier alpha value is -2.74. The smallest absolute Gasteiger partial charge is 0.277 e. The van der Waals surface area contributed by atoms with Crippen LogP contribution in [0, 0.1) is 10.1 Å². The maximum absolute atomic E-state index is 11.8. The number of hydrogen-bond acceptors (Lipinski definition) is 5. The van der Waals surface area contributed by atoms with E-state index in [1.54, 1.807) is 0 Å². The molecule has 2 rings (SSSR count). The lowest BCUT2D eigenvalue weighted by atomic mass is 10.0. The molecule has 0 aliphatic carbocycles. The van der Waals surface area contributed by atoms with Crippen molar-refractivity contribution in [3.63, 3.8) is 0 Å². The number of nitrogens with one attached hydrogen (secondary N) is 1. The molecular formula is C18H18BrN3O4. The normalized spacial score (nSPS) is 10.9. The van der Waals surface area contributed by atoms with Gasteiger partial charge in [-0.1, -0.05) is 19.9 Å². The Morgan fingerprint density at radius 3 is 2.58 bits per heavy atom. The minimum absolute atomic E-state index is 0.00588. The molecule has 136 valence electrons. The van der Waals surface area contributed by atoms with Crippen LogP contribution in [0.2, 0.25) is 0 Å². The van der Waals surface area contributed by atoms with Crippen molar-refractivity contribution in [2.24, 2.45) is 5.10 Å². The van der Waals surface area contributed by atoms with E-state index >= 15 is 0 Å². The number of nitrogens with zero attached hydrogens (tertiary/aromatic N) is 2. The molecule has 0 unspecified atom stereocenters. The fourth-order valence-corrected chi connectivity index (χ4v) is 2.54. The van der Waals surface area contributed by atoms with Crippen LogP contribution in [0.25, 0.3) is 0 Å². The minimum Gasteiger partial charge on any atom is -0.483 e. The van der Waals surface area contributed by atoms with Gasteiger partial charge in [-0.2, -0.15) is 5.10 Å². The van der Waals surface area contributed by atoms with Gasteiger partial charge >= 0.3 is 0 Å². The number of hydrogen-bond donors (Lipinski definition) is 1. The second kappa shape index (κ2) is 9.10. The first-order chi connectivity index (χ1) is 12.4. The standard InChI is InChI=1S/C18H18BrN3O4/c1-12(2)14-5-8-17(16(19)9-14)26-11-18(23)21-20-10-13-3-6-15(7-4-13)22(24)25/h3-10,12H,11H2,1-2H3,(H,21,23)/b20-10+. The number of carbonyl (C=O) groups is 1. The Morgan fingerprint density at radius 2 is 2.00 bits per heavy atom. The summed E-state index contributed by atoms with van der Waals surface area (Å²) in [5.41, 5.74) is 4.13. The first-order valence-corrected chi connectivity index (χ1v) is 8.64. The van der Waals surface area contributed by atoms with Gasteiger partial charge in [0.1, 0.15) is 5.75 Å². The third-order valence-corrected chi connectivity index (χ3v) is 4.11. The molecule has 7 nitrogen and oxygen atoms in total. The van der Waals surface area contributed by atoms with Crippen LogP contribution >= 0.6 is 15.9 Å². The highest BCUT2D eigenvalue weighted by atomic mass is 79.9. The molecule has 1 N–H and O–H groups in total. The zero-order valence-electron chi connectivity index (χ0n) is 14.3. The highest BCUT2D eigenvalue weighted by molar-refractivity contribution is 9.10. The van der Waals surface area contributed by atoms with Crippen molar-refractivity contribution < 1.29 is 14.5 Å². The fourth-order valence-electron chi connectivity index (χ4n) is 2.03. The molecule has 0 aliphatic rings. The van der Waals surface area contributed by atoms with Crippen LogP contribution in [0.5, 0.6) is 5.75 Å². The van der Waals surface area contributed by atoms with Gasteiger partial charge in [-0.15, -0.1) is 0 Å². The number of carbonyl (C=O) groups excluding carboxylic acids is 1. The lowest BCUT2D eigenvalue weighted by Crippen LogP contribution is -2.24. The zero-order chi connectivity index (χ0) is 19.1. The molecule has 0 heterocycles. The van der Waals surface area contributed by atoms with Crippen LogP contribution in [0.3, 0.4) is 0 Å². The van der Waals surface area contributed by atoms with E-state index < -0.39 is 10.8 Å². The Morgan fingerprint density at radius 1 is 1.31 bits per heavy atom. The Kier molecular flexibility index (Phi) is 6.85. The van der Waals surface area contributed by atoms with Gasteiger partial charge in [0.25, 0.3) is 11.6 Å². The van der Waals surface area contributed by atoms with Crippen LogP contribution in [-0.2, 0) is 4.79 Å². The van der Waals surface area contributed by atoms with Gasteiger partial charge in [-0.3, -0.25) is 14.9 Å². The van der Waals surface area contributed by atoms with E-state index in [-0.39, 0.29) is 12.3 Å². The average Bonchev–Trinajstić information content (AvgIpc) is 2.61. The predicted octanol–water partition coefficient (Wildman–Crippen LogP) is 4.01. The number of non-ortho nitro benzene ring substituents is 1. The molecule has 0 aromatic heterocycles. The van der Waals surface area contributed by atoms with Crippen LogP contribution in [0.4, 0.5) is 5.69 Å². The molecule has 26 heavy (non-hydrogen) atoms. The number of amides is 1. The molecule has 0 saturated heterocycles. The summed E-state index contributed by atoms with van der Waals surface area (Å²) in [4.78, 5) is 21.9. The van der Waals surface area contributed by atoms with Crippen LogP contribution in [0.15, 0.2) is 52.0 Å². The molecule has 0 atom stereocenters. The van der Waals surface area contributed by atoms with Crippen molar-refractivity contribution in [2.75, 3.05) is 6.61 Å². The summed E-state index contributed by atoms with van der Waals surface area (Å²) in [5.74, 6) is 0.560. The van der Waals surface area contributed by atoms with E-state index in [9.17, 15) is 14.9 Å². The van der Waals surface area contributed by atoms with Crippen molar-refractivity contribution in [2.45, 2.75) is 19.8 Å². The summed E-state index contributed by atoms with van der Waals surface area (Å²) in [7, 11) is 0. The van der Waals surface area contributed by atoms with E-state index in [2.05, 4.69) is 40.3 Å². The van der Waals surface area contributed by atoms with E-state index in [1.807, 2.05) is 18.2 Å². The van der Waals surface area contributed by atoms with Crippen LogP contribution in [-0.4, -0.2) is 23.7 Å². The molecule has 0 bridgehead atoms. The summed E-state index contributed by atoms with van der Waals surface area (Å²) in [6.07, 6.45) is 1.40. The maximum atomic E-state index is 11.8. The first-order valence-electron chi connectivity index (χ1n) is 7.85. The van der Waals surface area contributed by atoms with Crippen molar-refractivity contribution in [3.05, 3.63) is 68.2 Å². The van der Waals surface area contributed by atoms with Gasteiger partial charge < -0.3 is 4.74 Å². The van der Waals surface area contributed by atoms with Gasteiger partial charge in [0.15, 0.2) is 6.61 Å². The molecule has 1 amide bonds. The number of nitro benzene ring substituents is 1. The highest BCUT2D eigenvalue weighted by Crippen LogP contribution is 2.28. The minimum atomic E-state index is -0.480. The summed E-state index contributed by atoms with van der Waals surface area (Å²) in [6, 6.07) is 11.5. The Balaban J connectivity index is 1.84. The summed E-state index contributed by atoms with van der Waals surface area (Å²) in [5, 5.41) is 14.4. The molecule has 2 aromatic carbocycles. The molecule has 0 aliphatic heterocycles. The topological polar surface area (TPSA) is 93.8 Å². The number of halogens is 1. The largest absolute Gasteiger partial charge is 0.483 e. The Labute approximate surface area is 159 Å². The fraction of sp³-hybridized carbons (Fsp3) is 0.222. The van der Waals surface area contributed by atoms with Gasteiger partial charge in [0.05, 0.1) is 15.6 Å². The Bertz CT molecular complexity index is 820. The van der Waals surface area contributed by atoms with Crippen molar-refractivity contribution in [1.29, 1.82) is 0 Å². The van der Waals surface area contributed by atoms with Crippen molar-refractivity contribution in [3.8, 4) is 5.75 Å². The van der Waals surface area contributed by atoms with E-state index in [1.165, 1.54) is 36.0 Å². The monoisotopic (exact) mass is 419 g/mol. The van der Waals surface area contributed by atoms with E-state index in [0.29, 0.717) is 17.2 Å².